The molecule has 0 spiro atoms. The topological polar surface area (TPSA) is 238 Å². The predicted octanol–water partition coefficient (Wildman–Crippen LogP) is 2.98. The van der Waals surface area contributed by atoms with Crippen LogP contribution < -0.4 is 11.1 Å². The van der Waals surface area contributed by atoms with E-state index in [1.807, 2.05) is 66.7 Å². The van der Waals surface area contributed by atoms with Crippen molar-refractivity contribution in [2.75, 3.05) is 37.5 Å². The van der Waals surface area contributed by atoms with E-state index in [9.17, 15) is 15.0 Å². The van der Waals surface area contributed by atoms with Crippen LogP contribution in [0.2, 0.25) is 0 Å². The molecule has 2 unspecified atom stereocenters. The molecule has 1 amide bonds. The number of nitrogens with two attached hydrogens (primary N) is 1. The molecular weight excluding hydrogens is 801 g/mol. The average Bonchev–Trinajstić information content (AvgIpc) is 4.19. The molecule has 8 atom stereocenters. The number of aliphatic hydroxyl groups excluding tert-OH is 2. The number of benzene rings is 3. The molecule has 5 N–H and O–H groups in total. The molecule has 62 heavy (non-hydrogen) atoms. The Morgan fingerprint density at radius 2 is 1.16 bits per heavy atom. The number of anilines is 2. The number of amides is 1. The van der Waals surface area contributed by atoms with E-state index in [1.165, 1.54) is 12.7 Å². The van der Waals surface area contributed by atoms with Crippen LogP contribution in [-0.2, 0) is 41.6 Å². The summed E-state index contributed by atoms with van der Waals surface area (Å²) < 4.78 is 40.3. The molecule has 7 aromatic rings. The Kier molecular flexibility index (Phi) is 10.6. The summed E-state index contributed by atoms with van der Waals surface area (Å²) in [6.45, 7) is 0.815. The number of ether oxygens (including phenoxy) is 6. The highest BCUT2D eigenvalue weighted by atomic mass is 16.7. The summed E-state index contributed by atoms with van der Waals surface area (Å²) in [6.07, 6.45) is 3.03. The van der Waals surface area contributed by atoms with Crippen molar-refractivity contribution in [3.63, 3.8) is 0 Å². The normalized spacial score (nSPS) is 27.1. The third-order valence-electron chi connectivity index (χ3n) is 11.6. The maximum atomic E-state index is 12.6. The Balaban J connectivity index is 0.000000153. The lowest BCUT2D eigenvalue weighted by Gasteiger charge is -2.29. The van der Waals surface area contributed by atoms with Gasteiger partial charge in [0.25, 0.3) is 5.91 Å². The van der Waals surface area contributed by atoms with Gasteiger partial charge in [-0.05, 0) is 23.3 Å². The minimum Gasteiger partial charge on any atom is -0.393 e. The highest BCUT2D eigenvalue weighted by molar-refractivity contribution is 6.06. The van der Waals surface area contributed by atoms with Gasteiger partial charge in [-0.2, -0.15) is 0 Å². The van der Waals surface area contributed by atoms with Crippen molar-refractivity contribution in [3.05, 3.63) is 133 Å². The highest BCUT2D eigenvalue weighted by Gasteiger charge is 2.64. The summed E-state index contributed by atoms with van der Waals surface area (Å²) >= 11 is 0. The number of hydrogen-bond donors (Lipinski definition) is 4. The highest BCUT2D eigenvalue weighted by Crippen LogP contribution is 2.48. The second-order valence-corrected chi connectivity index (χ2v) is 15.4. The van der Waals surface area contributed by atoms with E-state index in [4.69, 9.17) is 34.2 Å². The van der Waals surface area contributed by atoms with Crippen LogP contribution in [0.15, 0.2) is 116 Å². The number of rotatable bonds is 12. The van der Waals surface area contributed by atoms with Gasteiger partial charge in [0.05, 0.1) is 52.3 Å². The number of aromatic nitrogens is 8. The van der Waals surface area contributed by atoms with E-state index >= 15 is 0 Å². The van der Waals surface area contributed by atoms with Gasteiger partial charge in [-0.25, -0.2) is 29.9 Å². The Labute approximate surface area is 353 Å². The molecule has 4 aliphatic heterocycles. The first-order valence-electron chi connectivity index (χ1n) is 20.0. The molecule has 19 heteroatoms. The molecule has 3 aromatic carbocycles. The van der Waals surface area contributed by atoms with Crippen molar-refractivity contribution in [1.82, 2.24) is 39.0 Å². The Morgan fingerprint density at radius 3 is 1.69 bits per heavy atom. The first kappa shape index (κ1) is 39.8. The molecule has 4 saturated heterocycles. The van der Waals surface area contributed by atoms with Crippen molar-refractivity contribution in [1.29, 1.82) is 0 Å². The van der Waals surface area contributed by atoms with Crippen LogP contribution in [-0.4, -0.2) is 117 Å². The summed E-state index contributed by atoms with van der Waals surface area (Å²) in [4.78, 5) is 38.2. The fraction of sp³-hybridized carbons (Fsp3) is 0.326. The zero-order chi connectivity index (χ0) is 42.3. The minimum absolute atomic E-state index is 0.205. The van der Waals surface area contributed by atoms with E-state index in [2.05, 4.69) is 35.2 Å². The lowest BCUT2D eigenvalue weighted by atomic mass is 10.00. The third-order valence-corrected chi connectivity index (χ3v) is 11.6. The Hall–Kier alpha value is -6.29. The molecule has 0 saturated carbocycles. The van der Waals surface area contributed by atoms with Gasteiger partial charge < -0.3 is 49.7 Å². The van der Waals surface area contributed by atoms with Gasteiger partial charge in [-0.3, -0.25) is 13.9 Å². The summed E-state index contributed by atoms with van der Waals surface area (Å²) in [6, 6.07) is 28.5. The number of nitrogen functional groups attached to an aromatic ring is 1. The van der Waals surface area contributed by atoms with Crippen molar-refractivity contribution in [2.24, 2.45) is 0 Å². The SMILES string of the molecule is Nc1ncnc2c1ncn2[C@@H]1O[C@@]2(CO)CO[C@H]1C2OCc1ccccc1.O=C(Nc1ncnc2c1ncn2[C@@H]1O[C@@]2(CO)CO[C@H]1C2OCc1ccccc1)c1ccccc1. The van der Waals surface area contributed by atoms with Crippen molar-refractivity contribution >= 4 is 39.9 Å². The van der Waals surface area contributed by atoms with Gasteiger partial charge in [0.2, 0.25) is 0 Å². The molecule has 11 rings (SSSR count). The number of aliphatic hydroxyl groups is 2. The zero-order valence-electron chi connectivity index (χ0n) is 33.1. The Bertz CT molecular complexity index is 2670. The number of carbonyl (C=O) groups is 1. The number of fused-ring (bicyclic) bond motifs is 6. The van der Waals surface area contributed by atoms with Gasteiger partial charge >= 0.3 is 0 Å². The molecule has 4 fully saturated rings. The van der Waals surface area contributed by atoms with E-state index in [1.54, 1.807) is 46.1 Å². The summed E-state index contributed by atoms with van der Waals surface area (Å²) in [7, 11) is 0. The number of hydrogen-bond acceptors (Lipinski definition) is 16. The molecular formula is C43H42N10O9. The number of carbonyl (C=O) groups excluding carboxylic acids is 1. The molecule has 8 heterocycles. The monoisotopic (exact) mass is 842 g/mol. The first-order valence-corrected chi connectivity index (χ1v) is 20.0. The zero-order valence-corrected chi connectivity index (χ0v) is 33.1. The fourth-order valence-corrected chi connectivity index (χ4v) is 8.44. The van der Waals surface area contributed by atoms with E-state index < -0.39 is 48.1 Å². The maximum absolute atomic E-state index is 12.6. The molecule has 318 valence electrons. The van der Waals surface area contributed by atoms with Crippen molar-refractivity contribution in [2.45, 2.75) is 61.3 Å². The van der Waals surface area contributed by atoms with Gasteiger partial charge in [0, 0.05) is 5.56 Å². The van der Waals surface area contributed by atoms with Gasteiger partial charge in [0.1, 0.15) is 53.8 Å². The molecule has 0 radical (unpaired) electrons. The van der Waals surface area contributed by atoms with Crippen LogP contribution in [0.25, 0.3) is 22.3 Å². The van der Waals surface area contributed by atoms with Gasteiger partial charge in [-0.15, -0.1) is 0 Å². The summed E-state index contributed by atoms with van der Waals surface area (Å²) in [5.74, 6) is 0.297. The number of nitrogens with zero attached hydrogens (tertiary/aromatic N) is 8. The number of nitrogens with one attached hydrogen (secondary N) is 1. The Morgan fingerprint density at radius 1 is 0.677 bits per heavy atom. The molecule has 4 bridgehead atoms. The minimum atomic E-state index is -0.988. The van der Waals surface area contributed by atoms with E-state index in [-0.39, 0.29) is 32.3 Å². The lowest BCUT2D eigenvalue weighted by Crippen LogP contribution is -2.45. The van der Waals surface area contributed by atoms with Crippen molar-refractivity contribution < 1.29 is 43.4 Å². The second kappa shape index (κ2) is 16.5. The smallest absolute Gasteiger partial charge is 0.256 e. The number of imidazole rings is 2. The van der Waals surface area contributed by atoms with Crippen LogP contribution in [0.5, 0.6) is 0 Å². The van der Waals surface area contributed by atoms with Gasteiger partial charge in [0.15, 0.2) is 40.9 Å². The lowest BCUT2D eigenvalue weighted by molar-refractivity contribution is -0.187. The second-order valence-electron chi connectivity index (χ2n) is 15.4. The predicted molar refractivity (Wildman–Crippen MR) is 219 cm³/mol. The maximum Gasteiger partial charge on any atom is 0.256 e. The van der Waals surface area contributed by atoms with Crippen LogP contribution in [0.1, 0.15) is 33.9 Å². The first-order chi connectivity index (χ1) is 30.4. The largest absolute Gasteiger partial charge is 0.393 e. The molecule has 0 aliphatic carbocycles. The third kappa shape index (κ3) is 7.03. The van der Waals surface area contributed by atoms with E-state index in [0.29, 0.717) is 52.7 Å². The summed E-state index contributed by atoms with van der Waals surface area (Å²) in [5, 5.41) is 23.0. The molecule has 4 aliphatic rings. The van der Waals surface area contributed by atoms with Crippen LogP contribution in [0.3, 0.4) is 0 Å². The van der Waals surface area contributed by atoms with Crippen LogP contribution >= 0.6 is 0 Å². The average molecular weight is 843 g/mol. The quantitative estimate of drug-likeness (QED) is 0.138. The molecule has 19 nitrogen and oxygen atoms in total. The van der Waals surface area contributed by atoms with Crippen molar-refractivity contribution in [3.8, 4) is 0 Å². The standard InChI is InChI=1S/C25H23N5O5.C18H19N5O4/c31-12-25-13-34-19(20(25)33-11-16-7-3-1-4-8-16)24(35-25)30-15-28-18-21(26-14-27-22(18)30)29-23(32)17-9-5-2-6-10-17;19-15-12-16(21-9-20-15)23(10-22-12)17-13-14(18(7-24,27-17)8-26-13)25-6-11-4-2-1-3-5-11/h1-10,14-15,19-20,24,31H,11-13H2,(H,26,27,29,32);1-5,9-10,13-14,17,24H,6-8H2,(H2,19,20,21)/t19-,20?,24+,25-;13-,14?,17+,18-/m00/s1. The van der Waals surface area contributed by atoms with Gasteiger partial charge in [-0.1, -0.05) is 78.9 Å². The van der Waals surface area contributed by atoms with E-state index in [0.717, 1.165) is 11.1 Å². The van der Waals surface area contributed by atoms with Crippen LogP contribution in [0, 0.1) is 0 Å². The van der Waals surface area contributed by atoms with Crippen LogP contribution in [0.4, 0.5) is 11.6 Å². The fourth-order valence-electron chi connectivity index (χ4n) is 8.44. The molecule has 4 aromatic heterocycles. The summed E-state index contributed by atoms with van der Waals surface area (Å²) in [5.41, 5.74) is 8.48.